The maximum Gasteiger partial charge on any atom is 0.247 e. The van der Waals surface area contributed by atoms with Gasteiger partial charge in [-0.15, -0.1) is 0 Å². The Morgan fingerprint density at radius 2 is 2.05 bits per heavy atom. The molecule has 0 atom stereocenters. The second kappa shape index (κ2) is 6.32. The highest BCUT2D eigenvalue weighted by atomic mass is 19.1. The van der Waals surface area contributed by atoms with Crippen molar-refractivity contribution in [1.29, 1.82) is 0 Å². The van der Waals surface area contributed by atoms with Crippen molar-refractivity contribution in [2.24, 2.45) is 0 Å². The van der Waals surface area contributed by atoms with Crippen LogP contribution in [0.2, 0.25) is 0 Å². The Labute approximate surface area is 117 Å². The van der Waals surface area contributed by atoms with Crippen molar-refractivity contribution in [3.05, 3.63) is 41.2 Å². The van der Waals surface area contributed by atoms with Crippen molar-refractivity contribution in [2.45, 2.75) is 25.8 Å². The highest BCUT2D eigenvalue weighted by Crippen LogP contribution is 2.18. The lowest BCUT2D eigenvalue weighted by Gasteiger charge is -2.06. The SMILES string of the molecule is C/C(=C\c1ccccc1F)C(=O)NCC(=O)NC1CC1. The Morgan fingerprint density at radius 3 is 2.70 bits per heavy atom. The Morgan fingerprint density at radius 1 is 1.35 bits per heavy atom. The predicted molar refractivity (Wildman–Crippen MR) is 74.2 cm³/mol. The largest absolute Gasteiger partial charge is 0.352 e. The fourth-order valence-corrected chi connectivity index (χ4v) is 1.70. The van der Waals surface area contributed by atoms with Crippen LogP contribution >= 0.6 is 0 Å². The average Bonchev–Trinajstić information content (AvgIpc) is 3.22. The lowest BCUT2D eigenvalue weighted by atomic mass is 10.1. The summed E-state index contributed by atoms with van der Waals surface area (Å²) < 4.78 is 13.4. The van der Waals surface area contributed by atoms with Gasteiger partial charge in [0.2, 0.25) is 11.8 Å². The zero-order valence-corrected chi connectivity index (χ0v) is 11.3. The third-order valence-corrected chi connectivity index (χ3v) is 2.99. The van der Waals surface area contributed by atoms with Gasteiger partial charge in [0.25, 0.3) is 0 Å². The summed E-state index contributed by atoms with van der Waals surface area (Å²) in [6, 6.07) is 6.48. The molecule has 0 radical (unpaired) electrons. The highest BCUT2D eigenvalue weighted by molar-refractivity contribution is 5.99. The van der Waals surface area contributed by atoms with Gasteiger partial charge in [0.15, 0.2) is 0 Å². The fourth-order valence-electron chi connectivity index (χ4n) is 1.70. The van der Waals surface area contributed by atoms with Crippen molar-refractivity contribution >= 4 is 17.9 Å². The summed E-state index contributed by atoms with van der Waals surface area (Å²) in [5.41, 5.74) is 0.705. The van der Waals surface area contributed by atoms with Gasteiger partial charge >= 0.3 is 0 Å². The van der Waals surface area contributed by atoms with Gasteiger partial charge in [-0.05, 0) is 31.9 Å². The number of hydrogen-bond acceptors (Lipinski definition) is 2. The molecule has 0 bridgehead atoms. The van der Waals surface area contributed by atoms with Crippen molar-refractivity contribution in [2.75, 3.05) is 6.54 Å². The van der Waals surface area contributed by atoms with Gasteiger partial charge in [0.05, 0.1) is 6.54 Å². The Balaban J connectivity index is 1.87. The topological polar surface area (TPSA) is 58.2 Å². The minimum absolute atomic E-state index is 0.0578. The molecule has 106 valence electrons. The number of halogens is 1. The van der Waals surface area contributed by atoms with Crippen LogP contribution in [0, 0.1) is 5.82 Å². The van der Waals surface area contributed by atoms with Crippen molar-refractivity contribution < 1.29 is 14.0 Å². The molecule has 0 saturated heterocycles. The molecular formula is C15H17FN2O2. The van der Waals surface area contributed by atoms with Gasteiger partial charge in [-0.25, -0.2) is 4.39 Å². The van der Waals surface area contributed by atoms with E-state index in [0.717, 1.165) is 12.8 Å². The van der Waals surface area contributed by atoms with Crippen LogP contribution in [0.1, 0.15) is 25.3 Å². The van der Waals surface area contributed by atoms with E-state index in [1.54, 1.807) is 25.1 Å². The average molecular weight is 276 g/mol. The molecule has 2 rings (SSSR count). The first-order chi connectivity index (χ1) is 9.56. The number of rotatable bonds is 5. The maximum atomic E-state index is 13.4. The first-order valence-corrected chi connectivity index (χ1v) is 6.56. The number of benzene rings is 1. The molecule has 0 aromatic heterocycles. The smallest absolute Gasteiger partial charge is 0.247 e. The summed E-state index contributed by atoms with van der Waals surface area (Å²) in [4.78, 5) is 23.2. The third kappa shape index (κ3) is 4.19. The molecule has 5 heteroatoms. The van der Waals surface area contributed by atoms with Gasteiger partial charge in [0, 0.05) is 17.2 Å². The molecule has 20 heavy (non-hydrogen) atoms. The van der Waals surface area contributed by atoms with Crippen LogP contribution in [-0.4, -0.2) is 24.4 Å². The van der Waals surface area contributed by atoms with Crippen molar-refractivity contribution in [3.63, 3.8) is 0 Å². The molecule has 1 fully saturated rings. The third-order valence-electron chi connectivity index (χ3n) is 2.99. The van der Waals surface area contributed by atoms with E-state index in [-0.39, 0.29) is 30.2 Å². The molecule has 0 unspecified atom stereocenters. The van der Waals surface area contributed by atoms with E-state index >= 15 is 0 Å². The summed E-state index contributed by atoms with van der Waals surface area (Å²) >= 11 is 0. The monoisotopic (exact) mass is 276 g/mol. The molecule has 0 heterocycles. The number of carbonyl (C=O) groups is 2. The van der Waals surface area contributed by atoms with E-state index in [4.69, 9.17) is 0 Å². The molecule has 1 saturated carbocycles. The van der Waals surface area contributed by atoms with Gasteiger partial charge < -0.3 is 10.6 Å². The van der Waals surface area contributed by atoms with Gasteiger partial charge in [0.1, 0.15) is 5.82 Å². The van der Waals surface area contributed by atoms with Crippen LogP contribution < -0.4 is 10.6 Å². The van der Waals surface area contributed by atoms with Crippen LogP contribution in [0.4, 0.5) is 4.39 Å². The van der Waals surface area contributed by atoms with Crippen LogP contribution in [0.25, 0.3) is 6.08 Å². The molecule has 1 aromatic carbocycles. The number of hydrogen-bond donors (Lipinski definition) is 2. The molecular weight excluding hydrogens is 259 g/mol. The standard InChI is InChI=1S/C15H17FN2O2/c1-10(8-11-4-2-3-5-13(11)16)15(20)17-9-14(19)18-12-6-7-12/h2-5,8,12H,6-7,9H2,1H3,(H,17,20)(H,18,19)/b10-8+. The molecule has 0 aliphatic heterocycles. The molecule has 2 N–H and O–H groups in total. The lowest BCUT2D eigenvalue weighted by Crippen LogP contribution is -2.38. The van der Waals surface area contributed by atoms with Crippen LogP contribution in [0.15, 0.2) is 29.8 Å². The molecule has 1 aromatic rings. The zero-order chi connectivity index (χ0) is 14.5. The van der Waals surface area contributed by atoms with Gasteiger partial charge in [-0.2, -0.15) is 0 Å². The van der Waals surface area contributed by atoms with Crippen molar-refractivity contribution in [3.8, 4) is 0 Å². The first kappa shape index (κ1) is 14.2. The van der Waals surface area contributed by atoms with E-state index in [9.17, 15) is 14.0 Å². The second-order valence-electron chi connectivity index (χ2n) is 4.87. The minimum Gasteiger partial charge on any atom is -0.352 e. The molecule has 1 aliphatic rings. The molecule has 4 nitrogen and oxygen atoms in total. The van der Waals surface area contributed by atoms with Gasteiger partial charge in [-0.3, -0.25) is 9.59 Å². The van der Waals surface area contributed by atoms with Crippen LogP contribution in [0.5, 0.6) is 0 Å². The minimum atomic E-state index is -0.383. The zero-order valence-electron chi connectivity index (χ0n) is 11.3. The lowest BCUT2D eigenvalue weighted by molar-refractivity contribution is -0.124. The molecule has 2 amide bonds. The van der Waals surface area contributed by atoms with Gasteiger partial charge in [-0.1, -0.05) is 18.2 Å². The summed E-state index contributed by atoms with van der Waals surface area (Å²) in [6.45, 7) is 1.53. The van der Waals surface area contributed by atoms with E-state index in [2.05, 4.69) is 10.6 Å². The van der Waals surface area contributed by atoms with E-state index < -0.39 is 0 Å². The van der Waals surface area contributed by atoms with Crippen LogP contribution in [0.3, 0.4) is 0 Å². The van der Waals surface area contributed by atoms with E-state index in [0.29, 0.717) is 11.1 Å². The second-order valence-corrected chi connectivity index (χ2v) is 4.87. The Kier molecular flexibility index (Phi) is 4.50. The Bertz CT molecular complexity index is 551. The summed E-state index contributed by atoms with van der Waals surface area (Å²) in [5, 5.41) is 5.29. The van der Waals surface area contributed by atoms with E-state index in [1.165, 1.54) is 12.1 Å². The maximum absolute atomic E-state index is 13.4. The van der Waals surface area contributed by atoms with E-state index in [1.807, 2.05) is 0 Å². The quantitative estimate of drug-likeness (QED) is 0.803. The summed E-state index contributed by atoms with van der Waals surface area (Å²) in [6.07, 6.45) is 3.47. The first-order valence-electron chi connectivity index (χ1n) is 6.56. The fraction of sp³-hybridized carbons (Fsp3) is 0.333. The highest BCUT2D eigenvalue weighted by Gasteiger charge is 2.23. The summed E-state index contributed by atoms with van der Waals surface area (Å²) in [7, 11) is 0. The molecule has 0 spiro atoms. The number of carbonyl (C=O) groups excluding carboxylic acids is 2. The Hall–Kier alpha value is -2.17. The van der Waals surface area contributed by atoms with Crippen molar-refractivity contribution in [1.82, 2.24) is 10.6 Å². The normalized spacial score (nSPS) is 14.8. The van der Waals surface area contributed by atoms with Crippen LogP contribution in [-0.2, 0) is 9.59 Å². The summed E-state index contributed by atoms with van der Waals surface area (Å²) in [5.74, 6) is -0.954. The predicted octanol–water partition coefficient (Wildman–Crippen LogP) is 1.62. The molecule has 1 aliphatic carbocycles. The number of amides is 2. The number of nitrogens with one attached hydrogen (secondary N) is 2.